The fourth-order valence-corrected chi connectivity index (χ4v) is 2.60. The second-order valence-electron chi connectivity index (χ2n) is 5.13. The van der Waals surface area contributed by atoms with Crippen LogP contribution in [-0.2, 0) is 6.54 Å². The Kier molecular flexibility index (Phi) is 3.62. The van der Waals surface area contributed by atoms with Crippen LogP contribution in [0.25, 0.3) is 0 Å². The molecule has 1 aromatic rings. The van der Waals surface area contributed by atoms with E-state index in [1.165, 1.54) is 5.56 Å². The summed E-state index contributed by atoms with van der Waals surface area (Å²) in [5, 5.41) is 0. The molecule has 0 unspecified atom stereocenters. The summed E-state index contributed by atoms with van der Waals surface area (Å²) < 4.78 is 0. The van der Waals surface area contributed by atoms with Gasteiger partial charge in [-0.1, -0.05) is 37.3 Å². The molecule has 0 radical (unpaired) electrons. The van der Waals surface area contributed by atoms with Gasteiger partial charge in [0.05, 0.1) is 0 Å². The van der Waals surface area contributed by atoms with E-state index in [0.29, 0.717) is 18.0 Å². The second-order valence-corrected chi connectivity index (χ2v) is 5.13. The third-order valence-corrected chi connectivity index (χ3v) is 3.77. The molecule has 2 N–H and O–H groups in total. The number of likely N-dealkylation sites (tertiary alicyclic amines) is 1. The molecule has 2 rings (SSSR count). The molecule has 0 aliphatic carbocycles. The van der Waals surface area contributed by atoms with Crippen LogP contribution in [-0.4, -0.2) is 23.5 Å². The normalized spacial score (nSPS) is 31.6. The zero-order valence-corrected chi connectivity index (χ0v) is 10.3. The average molecular weight is 218 g/mol. The average Bonchev–Trinajstić information content (AvgIpc) is 2.27. The number of rotatable bonds is 2. The van der Waals surface area contributed by atoms with Crippen LogP contribution in [0.1, 0.15) is 25.8 Å². The summed E-state index contributed by atoms with van der Waals surface area (Å²) in [5.74, 6) is 0.701. The molecule has 1 fully saturated rings. The van der Waals surface area contributed by atoms with Crippen molar-refractivity contribution in [3.05, 3.63) is 35.9 Å². The summed E-state index contributed by atoms with van der Waals surface area (Å²) in [7, 11) is 0. The fourth-order valence-electron chi connectivity index (χ4n) is 2.60. The highest BCUT2D eigenvalue weighted by Gasteiger charge is 2.28. The van der Waals surface area contributed by atoms with Crippen LogP contribution >= 0.6 is 0 Å². The van der Waals surface area contributed by atoms with Crippen LogP contribution in [0.5, 0.6) is 0 Å². The van der Waals surface area contributed by atoms with E-state index in [4.69, 9.17) is 5.73 Å². The third-order valence-electron chi connectivity index (χ3n) is 3.77. The van der Waals surface area contributed by atoms with E-state index >= 15 is 0 Å². The molecular weight excluding hydrogens is 196 g/mol. The van der Waals surface area contributed by atoms with Crippen molar-refractivity contribution in [2.45, 2.75) is 38.9 Å². The molecule has 88 valence electrons. The number of piperidine rings is 1. The molecule has 2 heteroatoms. The summed E-state index contributed by atoms with van der Waals surface area (Å²) in [6.45, 7) is 6.68. The summed E-state index contributed by atoms with van der Waals surface area (Å²) >= 11 is 0. The van der Waals surface area contributed by atoms with Gasteiger partial charge in [0, 0.05) is 25.2 Å². The minimum Gasteiger partial charge on any atom is -0.327 e. The van der Waals surface area contributed by atoms with Gasteiger partial charge >= 0.3 is 0 Å². The topological polar surface area (TPSA) is 29.3 Å². The maximum atomic E-state index is 6.09. The smallest absolute Gasteiger partial charge is 0.0237 e. The minimum atomic E-state index is 0.343. The van der Waals surface area contributed by atoms with Crippen LogP contribution in [0.3, 0.4) is 0 Å². The van der Waals surface area contributed by atoms with Gasteiger partial charge in [-0.3, -0.25) is 4.90 Å². The molecule has 0 amide bonds. The van der Waals surface area contributed by atoms with Crippen LogP contribution in [0.4, 0.5) is 0 Å². The Morgan fingerprint density at radius 3 is 2.62 bits per heavy atom. The zero-order valence-electron chi connectivity index (χ0n) is 10.3. The van der Waals surface area contributed by atoms with Crippen molar-refractivity contribution in [2.75, 3.05) is 6.54 Å². The molecule has 2 nitrogen and oxygen atoms in total. The third kappa shape index (κ3) is 2.63. The second kappa shape index (κ2) is 4.98. The summed E-state index contributed by atoms with van der Waals surface area (Å²) in [4.78, 5) is 2.51. The predicted molar refractivity (Wildman–Crippen MR) is 68.1 cm³/mol. The highest BCUT2D eigenvalue weighted by Crippen LogP contribution is 2.23. The summed E-state index contributed by atoms with van der Waals surface area (Å²) in [6, 6.07) is 11.6. The van der Waals surface area contributed by atoms with Crippen molar-refractivity contribution in [3.63, 3.8) is 0 Å². The maximum absolute atomic E-state index is 6.09. The first-order valence-electron chi connectivity index (χ1n) is 6.20. The molecule has 1 aliphatic rings. The number of hydrogen-bond acceptors (Lipinski definition) is 2. The van der Waals surface area contributed by atoms with E-state index in [0.717, 1.165) is 19.5 Å². The van der Waals surface area contributed by atoms with E-state index in [9.17, 15) is 0 Å². The van der Waals surface area contributed by atoms with Crippen LogP contribution in [0, 0.1) is 5.92 Å². The first-order chi connectivity index (χ1) is 7.66. The van der Waals surface area contributed by atoms with Gasteiger partial charge in [-0.2, -0.15) is 0 Å². The molecule has 0 spiro atoms. The van der Waals surface area contributed by atoms with Gasteiger partial charge < -0.3 is 5.73 Å². The molecule has 1 aromatic carbocycles. The molecule has 3 atom stereocenters. The van der Waals surface area contributed by atoms with Gasteiger partial charge in [-0.05, 0) is 24.8 Å². The van der Waals surface area contributed by atoms with Gasteiger partial charge in [0.2, 0.25) is 0 Å². The van der Waals surface area contributed by atoms with E-state index < -0.39 is 0 Å². The van der Waals surface area contributed by atoms with Crippen LogP contribution < -0.4 is 5.73 Å². The van der Waals surface area contributed by atoms with Gasteiger partial charge in [-0.15, -0.1) is 0 Å². The van der Waals surface area contributed by atoms with Gasteiger partial charge in [-0.25, -0.2) is 0 Å². The monoisotopic (exact) mass is 218 g/mol. The van der Waals surface area contributed by atoms with Crippen molar-refractivity contribution in [2.24, 2.45) is 11.7 Å². The van der Waals surface area contributed by atoms with Crippen molar-refractivity contribution in [1.82, 2.24) is 4.90 Å². The first kappa shape index (κ1) is 11.6. The Hall–Kier alpha value is -0.860. The molecular formula is C14H22N2. The maximum Gasteiger partial charge on any atom is 0.0237 e. The van der Waals surface area contributed by atoms with Gasteiger partial charge in [0.15, 0.2) is 0 Å². The lowest BCUT2D eigenvalue weighted by Crippen LogP contribution is -2.50. The Balaban J connectivity index is 2.03. The molecule has 16 heavy (non-hydrogen) atoms. The SMILES string of the molecule is C[C@@H]1C[C@@H](N)CN(Cc2ccccc2)[C@@H]1C. The largest absolute Gasteiger partial charge is 0.327 e. The molecule has 0 saturated carbocycles. The Labute approximate surface area is 98.4 Å². The van der Waals surface area contributed by atoms with Gasteiger partial charge in [0.25, 0.3) is 0 Å². The van der Waals surface area contributed by atoms with Crippen molar-refractivity contribution in [3.8, 4) is 0 Å². The highest BCUT2D eigenvalue weighted by molar-refractivity contribution is 5.14. The molecule has 0 aromatic heterocycles. The van der Waals surface area contributed by atoms with Gasteiger partial charge in [0.1, 0.15) is 0 Å². The van der Waals surface area contributed by atoms with E-state index in [2.05, 4.69) is 49.1 Å². The van der Waals surface area contributed by atoms with E-state index in [-0.39, 0.29) is 0 Å². The van der Waals surface area contributed by atoms with Crippen LogP contribution in [0.2, 0.25) is 0 Å². The molecule has 1 heterocycles. The highest BCUT2D eigenvalue weighted by atomic mass is 15.2. The quantitative estimate of drug-likeness (QED) is 0.825. The molecule has 1 aliphatic heterocycles. The van der Waals surface area contributed by atoms with E-state index in [1.54, 1.807) is 0 Å². The van der Waals surface area contributed by atoms with Crippen LogP contribution in [0.15, 0.2) is 30.3 Å². The van der Waals surface area contributed by atoms with Crippen molar-refractivity contribution in [1.29, 1.82) is 0 Å². The number of hydrogen-bond donors (Lipinski definition) is 1. The summed E-state index contributed by atoms with van der Waals surface area (Å²) in [6.07, 6.45) is 1.16. The Morgan fingerprint density at radius 2 is 1.94 bits per heavy atom. The lowest BCUT2D eigenvalue weighted by atomic mass is 9.89. The fraction of sp³-hybridized carbons (Fsp3) is 0.571. The standard InChI is InChI=1S/C14H22N2/c1-11-8-14(15)10-16(12(11)2)9-13-6-4-3-5-7-13/h3-7,11-12,14H,8-10,15H2,1-2H3/t11-,12-,14-/m1/s1. The molecule has 1 saturated heterocycles. The van der Waals surface area contributed by atoms with Crippen molar-refractivity contribution >= 4 is 0 Å². The lowest BCUT2D eigenvalue weighted by molar-refractivity contribution is 0.0925. The molecule has 0 bridgehead atoms. The number of nitrogens with two attached hydrogens (primary N) is 1. The summed E-state index contributed by atoms with van der Waals surface area (Å²) in [5.41, 5.74) is 7.47. The van der Waals surface area contributed by atoms with E-state index in [1.807, 2.05) is 0 Å². The number of benzene rings is 1. The Morgan fingerprint density at radius 1 is 1.25 bits per heavy atom. The lowest BCUT2D eigenvalue weighted by Gasteiger charge is -2.41. The minimum absolute atomic E-state index is 0.343. The predicted octanol–water partition coefficient (Wildman–Crippen LogP) is 2.24. The zero-order chi connectivity index (χ0) is 11.5. The number of nitrogens with zero attached hydrogens (tertiary/aromatic N) is 1. The first-order valence-corrected chi connectivity index (χ1v) is 6.20. The Bertz CT molecular complexity index is 323. The van der Waals surface area contributed by atoms with Crippen molar-refractivity contribution < 1.29 is 0 Å².